The van der Waals surface area contributed by atoms with Crippen LogP contribution in [-0.2, 0) is 10.3 Å². The van der Waals surface area contributed by atoms with E-state index in [4.69, 9.17) is 16.3 Å². The van der Waals surface area contributed by atoms with E-state index in [0.29, 0.717) is 11.1 Å². The largest absolute Gasteiger partial charge is 0.367 e. The molecule has 1 aromatic heterocycles. The molecule has 3 nitrogen and oxygen atoms in total. The molecule has 1 aliphatic rings. The molecule has 0 bridgehead atoms. The maximum absolute atomic E-state index is 5.97. The van der Waals surface area contributed by atoms with Gasteiger partial charge in [-0.1, -0.05) is 25.7 Å². The fourth-order valence-corrected chi connectivity index (χ4v) is 3.08. The Balaban J connectivity index is 2.25. The van der Waals surface area contributed by atoms with Gasteiger partial charge in [-0.25, -0.2) is 4.98 Å². The maximum atomic E-state index is 5.97. The van der Waals surface area contributed by atoms with Crippen LogP contribution in [0.4, 0.5) is 0 Å². The minimum Gasteiger partial charge on any atom is -0.367 e. The third-order valence-electron chi connectivity index (χ3n) is 3.14. The lowest BCUT2D eigenvalue weighted by Crippen LogP contribution is -2.30. The highest BCUT2D eigenvalue weighted by molar-refractivity contribution is 7.10. The second-order valence-electron chi connectivity index (χ2n) is 4.21. The van der Waals surface area contributed by atoms with Crippen molar-refractivity contribution in [2.45, 2.75) is 51.0 Å². The van der Waals surface area contributed by atoms with Gasteiger partial charge in [0.25, 0.3) is 0 Å². The van der Waals surface area contributed by atoms with Crippen LogP contribution in [-0.4, -0.2) is 16.0 Å². The van der Waals surface area contributed by atoms with E-state index >= 15 is 0 Å². The molecule has 0 aromatic carbocycles. The van der Waals surface area contributed by atoms with Crippen molar-refractivity contribution in [3.05, 3.63) is 10.3 Å². The molecule has 0 spiro atoms. The highest BCUT2D eigenvalue weighted by Gasteiger charge is 2.37. The van der Waals surface area contributed by atoms with Gasteiger partial charge < -0.3 is 4.74 Å². The molecule has 1 heterocycles. The van der Waals surface area contributed by atoms with Gasteiger partial charge in [0.2, 0.25) is 4.47 Å². The highest BCUT2D eigenvalue weighted by Crippen LogP contribution is 2.38. The molecule has 16 heavy (non-hydrogen) atoms. The molecular weight excluding hydrogens is 244 g/mol. The average Bonchev–Trinajstić information content (AvgIpc) is 2.57. The van der Waals surface area contributed by atoms with E-state index in [-0.39, 0.29) is 5.60 Å². The van der Waals surface area contributed by atoms with E-state index < -0.39 is 0 Å². The number of aromatic nitrogens is 2. The van der Waals surface area contributed by atoms with Crippen molar-refractivity contribution in [3.8, 4) is 0 Å². The van der Waals surface area contributed by atoms with Gasteiger partial charge in [-0.3, -0.25) is 0 Å². The normalized spacial score (nSPS) is 20.6. The number of ether oxygens (including phenoxy) is 1. The second kappa shape index (κ2) is 5.43. The Labute approximate surface area is 105 Å². The fourth-order valence-electron chi connectivity index (χ4n) is 2.40. The van der Waals surface area contributed by atoms with Crippen LogP contribution in [0.15, 0.2) is 0 Å². The van der Waals surface area contributed by atoms with Gasteiger partial charge in [0.05, 0.1) is 0 Å². The van der Waals surface area contributed by atoms with Crippen LogP contribution in [0.3, 0.4) is 0 Å². The molecule has 1 fully saturated rings. The van der Waals surface area contributed by atoms with Crippen LogP contribution in [0, 0.1) is 0 Å². The molecule has 0 amide bonds. The topological polar surface area (TPSA) is 35.0 Å². The molecule has 0 unspecified atom stereocenters. The van der Waals surface area contributed by atoms with Gasteiger partial charge in [-0.2, -0.15) is 4.37 Å². The predicted octanol–water partition coefficient (Wildman–Crippen LogP) is 3.78. The third kappa shape index (κ3) is 2.55. The number of hydrogen-bond donors (Lipinski definition) is 0. The zero-order chi connectivity index (χ0) is 11.4. The van der Waals surface area contributed by atoms with E-state index in [0.717, 1.165) is 18.7 Å². The predicted molar refractivity (Wildman–Crippen MR) is 65.9 cm³/mol. The van der Waals surface area contributed by atoms with Gasteiger partial charge in [0.15, 0.2) is 5.82 Å². The Morgan fingerprint density at radius 2 is 2.00 bits per heavy atom. The summed E-state index contributed by atoms with van der Waals surface area (Å²) in [6.45, 7) is 2.73. The van der Waals surface area contributed by atoms with Crippen molar-refractivity contribution in [2.24, 2.45) is 0 Å². The van der Waals surface area contributed by atoms with Crippen LogP contribution in [0.2, 0.25) is 4.47 Å². The quantitative estimate of drug-likeness (QED) is 0.776. The van der Waals surface area contributed by atoms with Crippen molar-refractivity contribution in [1.82, 2.24) is 9.36 Å². The Hall–Kier alpha value is -0.190. The van der Waals surface area contributed by atoms with Crippen LogP contribution >= 0.6 is 23.1 Å². The van der Waals surface area contributed by atoms with Crippen LogP contribution in [0.5, 0.6) is 0 Å². The molecule has 1 aromatic rings. The molecule has 0 saturated heterocycles. The average molecular weight is 261 g/mol. The lowest BCUT2D eigenvalue weighted by molar-refractivity contribution is -0.0616. The Kier molecular flexibility index (Phi) is 4.16. The number of nitrogens with zero attached hydrogens (tertiary/aromatic N) is 2. The van der Waals surface area contributed by atoms with E-state index in [1.165, 1.54) is 37.2 Å². The molecule has 0 radical (unpaired) electrons. The Morgan fingerprint density at radius 1 is 1.31 bits per heavy atom. The first-order chi connectivity index (χ1) is 7.77. The zero-order valence-corrected chi connectivity index (χ0v) is 11.1. The van der Waals surface area contributed by atoms with E-state index in [1.807, 2.05) is 6.92 Å². The summed E-state index contributed by atoms with van der Waals surface area (Å²) in [6.07, 6.45) is 6.99. The maximum Gasteiger partial charge on any atom is 0.203 e. The van der Waals surface area contributed by atoms with Crippen molar-refractivity contribution >= 4 is 23.1 Å². The van der Waals surface area contributed by atoms with Crippen molar-refractivity contribution in [1.29, 1.82) is 0 Å². The zero-order valence-electron chi connectivity index (χ0n) is 9.54. The lowest BCUT2D eigenvalue weighted by Gasteiger charge is -2.29. The van der Waals surface area contributed by atoms with Crippen LogP contribution < -0.4 is 0 Å². The van der Waals surface area contributed by atoms with E-state index in [2.05, 4.69) is 9.36 Å². The Morgan fingerprint density at radius 3 is 2.50 bits per heavy atom. The van der Waals surface area contributed by atoms with Gasteiger partial charge in [-0.05, 0) is 42.9 Å². The molecule has 1 saturated carbocycles. The number of hydrogen-bond acceptors (Lipinski definition) is 4. The molecular formula is C11H17ClN2OS. The van der Waals surface area contributed by atoms with Crippen LogP contribution in [0.1, 0.15) is 51.3 Å². The number of rotatable bonds is 3. The summed E-state index contributed by atoms with van der Waals surface area (Å²) in [6, 6.07) is 0. The lowest BCUT2D eigenvalue weighted by atomic mass is 9.93. The summed E-state index contributed by atoms with van der Waals surface area (Å²) < 4.78 is 10.8. The molecule has 0 atom stereocenters. The van der Waals surface area contributed by atoms with Crippen molar-refractivity contribution in [3.63, 3.8) is 0 Å². The smallest absolute Gasteiger partial charge is 0.203 e. The first-order valence-electron chi connectivity index (χ1n) is 5.90. The summed E-state index contributed by atoms with van der Waals surface area (Å²) in [7, 11) is 0. The molecule has 90 valence electrons. The van der Waals surface area contributed by atoms with Crippen molar-refractivity contribution in [2.75, 3.05) is 6.61 Å². The third-order valence-corrected chi connectivity index (χ3v) is 3.94. The summed E-state index contributed by atoms with van der Waals surface area (Å²) in [5, 5.41) is 0. The molecule has 0 N–H and O–H groups in total. The molecule has 1 aliphatic carbocycles. The summed E-state index contributed by atoms with van der Waals surface area (Å²) in [4.78, 5) is 4.31. The van der Waals surface area contributed by atoms with Gasteiger partial charge in [0, 0.05) is 6.61 Å². The van der Waals surface area contributed by atoms with Crippen molar-refractivity contribution < 1.29 is 4.74 Å². The first kappa shape index (κ1) is 12.3. The monoisotopic (exact) mass is 260 g/mol. The van der Waals surface area contributed by atoms with Crippen LogP contribution in [0.25, 0.3) is 0 Å². The van der Waals surface area contributed by atoms with E-state index in [9.17, 15) is 0 Å². The van der Waals surface area contributed by atoms with Gasteiger partial charge in [0.1, 0.15) is 5.60 Å². The molecule has 0 aliphatic heterocycles. The SMILES string of the molecule is CCOC1(c2nsc(Cl)n2)CCCCCC1. The number of halogens is 1. The minimum atomic E-state index is -0.269. The molecule has 5 heteroatoms. The summed E-state index contributed by atoms with van der Waals surface area (Å²) in [5.41, 5.74) is -0.269. The minimum absolute atomic E-state index is 0.269. The Bertz CT molecular complexity index is 334. The summed E-state index contributed by atoms with van der Waals surface area (Å²) in [5.74, 6) is 0.797. The second-order valence-corrected chi connectivity index (χ2v) is 5.55. The highest BCUT2D eigenvalue weighted by atomic mass is 35.5. The van der Waals surface area contributed by atoms with Gasteiger partial charge in [-0.15, -0.1) is 0 Å². The van der Waals surface area contributed by atoms with E-state index in [1.54, 1.807) is 0 Å². The summed E-state index contributed by atoms with van der Waals surface area (Å²) >= 11 is 7.13. The molecule has 2 rings (SSSR count). The van der Waals surface area contributed by atoms with Gasteiger partial charge >= 0.3 is 0 Å². The standard InChI is InChI=1S/C11H17ClN2OS/c1-2-15-11(7-5-3-4-6-8-11)9-13-10(12)16-14-9/h2-8H2,1H3. The fraction of sp³-hybridized carbons (Fsp3) is 0.818. The first-order valence-corrected chi connectivity index (χ1v) is 7.05.